The monoisotopic (exact) mass is 348 g/mol. The molecule has 2 aromatic rings. The molecule has 1 aliphatic rings. The number of aromatic nitrogens is 2. The van der Waals surface area contributed by atoms with Gasteiger partial charge in [-0.05, 0) is 44.9 Å². The van der Waals surface area contributed by atoms with Gasteiger partial charge in [-0.25, -0.2) is 13.1 Å². The molecule has 1 aromatic carbocycles. The Morgan fingerprint density at radius 3 is 2.58 bits per heavy atom. The van der Waals surface area contributed by atoms with Gasteiger partial charge in [-0.15, -0.1) is 0 Å². The van der Waals surface area contributed by atoms with Gasteiger partial charge in [-0.1, -0.05) is 12.1 Å². The van der Waals surface area contributed by atoms with Crippen molar-refractivity contribution in [3.05, 3.63) is 40.7 Å². The van der Waals surface area contributed by atoms with E-state index in [1.165, 1.54) is 0 Å². The van der Waals surface area contributed by atoms with Crippen LogP contribution in [0.5, 0.6) is 0 Å². The van der Waals surface area contributed by atoms with Crippen molar-refractivity contribution in [2.75, 3.05) is 5.32 Å². The summed E-state index contributed by atoms with van der Waals surface area (Å²) >= 11 is 0. The second kappa shape index (κ2) is 5.42. The number of H-pyrrole nitrogens is 1. The molecule has 8 heteroatoms. The molecular formula is C16H20N4O3S. The van der Waals surface area contributed by atoms with Gasteiger partial charge in [0.25, 0.3) is 0 Å². The average Bonchev–Trinajstić information content (AvgIpc) is 2.95. The summed E-state index contributed by atoms with van der Waals surface area (Å²) in [6.45, 7) is 7.15. The molecule has 0 bridgehead atoms. The predicted molar refractivity (Wildman–Crippen MR) is 90.2 cm³/mol. The van der Waals surface area contributed by atoms with Crippen molar-refractivity contribution in [1.29, 1.82) is 0 Å². The lowest BCUT2D eigenvalue weighted by atomic mass is 9.85. The highest BCUT2D eigenvalue weighted by atomic mass is 32.2. The molecule has 1 aliphatic heterocycles. The molecule has 0 aliphatic carbocycles. The Balaban J connectivity index is 1.84. The van der Waals surface area contributed by atoms with E-state index in [1.807, 2.05) is 19.9 Å². The fourth-order valence-electron chi connectivity index (χ4n) is 2.92. The zero-order valence-corrected chi connectivity index (χ0v) is 14.8. The van der Waals surface area contributed by atoms with E-state index in [9.17, 15) is 13.2 Å². The topological polar surface area (TPSA) is 104 Å². The lowest BCUT2D eigenvalue weighted by Gasteiger charge is -2.16. The van der Waals surface area contributed by atoms with E-state index in [2.05, 4.69) is 20.2 Å². The van der Waals surface area contributed by atoms with Crippen molar-refractivity contribution in [1.82, 2.24) is 14.9 Å². The maximum Gasteiger partial charge on any atom is 0.244 e. The highest BCUT2D eigenvalue weighted by molar-refractivity contribution is 7.89. The number of hydrogen-bond donors (Lipinski definition) is 3. The molecule has 0 atom stereocenters. The minimum Gasteiger partial charge on any atom is -0.325 e. The predicted octanol–water partition coefficient (Wildman–Crippen LogP) is 1.73. The number of fused-ring (bicyclic) bond motifs is 1. The van der Waals surface area contributed by atoms with Gasteiger partial charge in [0.15, 0.2) is 0 Å². The van der Waals surface area contributed by atoms with Gasteiger partial charge in [0.05, 0.1) is 16.8 Å². The number of benzene rings is 1. The number of anilines is 1. The van der Waals surface area contributed by atoms with E-state index in [0.717, 1.165) is 16.8 Å². The van der Waals surface area contributed by atoms with Crippen LogP contribution >= 0.6 is 0 Å². The van der Waals surface area contributed by atoms with Gasteiger partial charge in [-0.3, -0.25) is 9.89 Å². The van der Waals surface area contributed by atoms with Gasteiger partial charge < -0.3 is 5.32 Å². The summed E-state index contributed by atoms with van der Waals surface area (Å²) in [6.07, 6.45) is 0. The normalized spacial score (nSPS) is 16.1. The summed E-state index contributed by atoms with van der Waals surface area (Å²) in [5, 5.41) is 9.43. The summed E-state index contributed by atoms with van der Waals surface area (Å²) in [5.41, 5.74) is 2.76. The Morgan fingerprint density at radius 2 is 1.96 bits per heavy atom. The number of aromatic amines is 1. The molecule has 0 saturated carbocycles. The zero-order valence-electron chi connectivity index (χ0n) is 14.0. The molecule has 7 nitrogen and oxygen atoms in total. The zero-order chi connectivity index (χ0) is 17.7. The molecule has 2 heterocycles. The van der Waals surface area contributed by atoms with E-state index in [1.54, 1.807) is 26.0 Å². The van der Waals surface area contributed by atoms with Crippen LogP contribution in [0.3, 0.4) is 0 Å². The lowest BCUT2D eigenvalue weighted by molar-refractivity contribution is -0.119. The van der Waals surface area contributed by atoms with Crippen LogP contribution in [0.4, 0.5) is 5.69 Å². The van der Waals surface area contributed by atoms with Crippen molar-refractivity contribution in [3.63, 3.8) is 0 Å². The van der Waals surface area contributed by atoms with Crippen molar-refractivity contribution >= 4 is 21.6 Å². The van der Waals surface area contributed by atoms with Gasteiger partial charge >= 0.3 is 0 Å². The maximum absolute atomic E-state index is 12.5. The van der Waals surface area contributed by atoms with Gasteiger partial charge in [0.1, 0.15) is 4.90 Å². The Labute approximate surface area is 140 Å². The molecular weight excluding hydrogens is 328 g/mol. The van der Waals surface area contributed by atoms with Crippen LogP contribution < -0.4 is 10.0 Å². The number of carbonyl (C=O) groups is 1. The second-order valence-electron chi connectivity index (χ2n) is 6.55. The third-order valence-electron chi connectivity index (χ3n) is 4.37. The van der Waals surface area contributed by atoms with E-state index in [4.69, 9.17) is 0 Å². The minimum absolute atomic E-state index is 0.0557. The van der Waals surface area contributed by atoms with Crippen molar-refractivity contribution in [3.8, 4) is 0 Å². The van der Waals surface area contributed by atoms with Crippen LogP contribution in [0.1, 0.15) is 36.4 Å². The first-order chi connectivity index (χ1) is 11.1. The molecule has 1 aromatic heterocycles. The fourth-order valence-corrected chi connectivity index (χ4v) is 4.30. The first-order valence-electron chi connectivity index (χ1n) is 7.59. The van der Waals surface area contributed by atoms with Crippen LogP contribution in [0.15, 0.2) is 23.1 Å². The van der Waals surface area contributed by atoms with Gasteiger partial charge in [-0.2, -0.15) is 5.10 Å². The third-order valence-corrected chi connectivity index (χ3v) is 6.03. The summed E-state index contributed by atoms with van der Waals surface area (Å²) in [4.78, 5) is 12.2. The summed E-state index contributed by atoms with van der Waals surface area (Å²) < 4.78 is 27.6. The highest BCUT2D eigenvalue weighted by Crippen LogP contribution is 2.37. The molecule has 3 N–H and O–H groups in total. The molecule has 0 spiro atoms. The van der Waals surface area contributed by atoms with E-state index < -0.39 is 15.4 Å². The molecule has 0 unspecified atom stereocenters. The maximum atomic E-state index is 12.5. The first kappa shape index (κ1) is 16.7. The molecule has 3 rings (SSSR count). The third kappa shape index (κ3) is 2.61. The summed E-state index contributed by atoms with van der Waals surface area (Å²) in [7, 11) is -3.66. The number of nitrogens with zero attached hydrogens (tertiary/aromatic N) is 1. The Morgan fingerprint density at radius 1 is 1.25 bits per heavy atom. The average molecular weight is 348 g/mol. The number of aryl methyl sites for hydroxylation is 2. The SMILES string of the molecule is Cc1n[nH]c(C)c1S(=O)(=O)NCc1ccc2c(c1)C(C)(C)C(=O)N2. The van der Waals surface area contributed by atoms with E-state index in [-0.39, 0.29) is 17.3 Å². The smallest absolute Gasteiger partial charge is 0.244 e. The molecule has 128 valence electrons. The lowest BCUT2D eigenvalue weighted by Crippen LogP contribution is -2.27. The number of rotatable bonds is 4. The Bertz CT molecular complexity index is 909. The Hall–Kier alpha value is -2.19. The van der Waals surface area contributed by atoms with Crippen LogP contribution in [-0.4, -0.2) is 24.5 Å². The van der Waals surface area contributed by atoms with Crippen LogP contribution in [0.2, 0.25) is 0 Å². The van der Waals surface area contributed by atoms with Crippen LogP contribution in [0.25, 0.3) is 0 Å². The number of amides is 1. The van der Waals surface area contributed by atoms with Crippen molar-refractivity contribution < 1.29 is 13.2 Å². The van der Waals surface area contributed by atoms with Gasteiger partial charge in [0.2, 0.25) is 15.9 Å². The van der Waals surface area contributed by atoms with E-state index >= 15 is 0 Å². The molecule has 0 saturated heterocycles. The highest BCUT2D eigenvalue weighted by Gasteiger charge is 2.38. The summed E-state index contributed by atoms with van der Waals surface area (Å²) in [5.74, 6) is -0.0557. The number of hydrogen-bond acceptors (Lipinski definition) is 4. The molecule has 0 radical (unpaired) electrons. The molecule has 0 fully saturated rings. The van der Waals surface area contributed by atoms with Crippen molar-refractivity contribution in [2.45, 2.75) is 44.6 Å². The molecule has 1 amide bonds. The minimum atomic E-state index is -3.66. The van der Waals surface area contributed by atoms with Crippen molar-refractivity contribution in [2.24, 2.45) is 0 Å². The number of carbonyl (C=O) groups excluding carboxylic acids is 1. The van der Waals surface area contributed by atoms with Crippen LogP contribution in [-0.2, 0) is 26.8 Å². The van der Waals surface area contributed by atoms with E-state index in [0.29, 0.717) is 11.4 Å². The summed E-state index contributed by atoms with van der Waals surface area (Å²) in [6, 6.07) is 5.48. The molecule has 24 heavy (non-hydrogen) atoms. The number of nitrogens with one attached hydrogen (secondary N) is 3. The Kier molecular flexibility index (Phi) is 3.76. The first-order valence-corrected chi connectivity index (χ1v) is 9.07. The van der Waals surface area contributed by atoms with Gasteiger partial charge in [0, 0.05) is 12.2 Å². The largest absolute Gasteiger partial charge is 0.325 e. The fraction of sp³-hybridized carbons (Fsp3) is 0.375. The standard InChI is InChI=1S/C16H20N4O3S/c1-9-14(10(2)20-19-9)24(22,23)17-8-11-5-6-13-12(7-11)16(3,4)15(21)18-13/h5-7,17H,8H2,1-4H3,(H,18,21)(H,19,20). The number of sulfonamides is 1. The van der Waals surface area contributed by atoms with Crippen LogP contribution in [0, 0.1) is 13.8 Å². The quantitative estimate of drug-likeness (QED) is 0.783. The second-order valence-corrected chi connectivity index (χ2v) is 8.25.